The van der Waals surface area contributed by atoms with Crippen molar-refractivity contribution in [1.29, 1.82) is 5.26 Å². The zero-order chi connectivity index (χ0) is 21.6. The van der Waals surface area contributed by atoms with Gasteiger partial charge in [0.25, 0.3) is 0 Å². The first kappa shape index (κ1) is 21.6. The molecule has 2 aromatic rings. The second kappa shape index (κ2) is 9.57. The molecule has 1 heterocycles. The Morgan fingerprint density at radius 2 is 1.93 bits per heavy atom. The van der Waals surface area contributed by atoms with Crippen molar-refractivity contribution in [3.63, 3.8) is 0 Å². The molecule has 1 amide bonds. The van der Waals surface area contributed by atoms with E-state index in [1.807, 2.05) is 6.07 Å². The number of piperidine rings is 1. The minimum absolute atomic E-state index is 0.0937. The summed E-state index contributed by atoms with van der Waals surface area (Å²) in [5, 5.41) is 11.6. The van der Waals surface area contributed by atoms with Crippen molar-refractivity contribution in [2.75, 3.05) is 25.5 Å². The van der Waals surface area contributed by atoms with E-state index in [-0.39, 0.29) is 16.6 Å². The average Bonchev–Trinajstić information content (AvgIpc) is 2.78. The molecule has 2 aromatic carbocycles. The van der Waals surface area contributed by atoms with Gasteiger partial charge in [-0.2, -0.15) is 9.57 Å². The molecular weight excluding hydrogens is 402 g/mol. The third-order valence-electron chi connectivity index (χ3n) is 4.81. The molecule has 1 N–H and O–H groups in total. The molecule has 7 nitrogen and oxygen atoms in total. The summed E-state index contributed by atoms with van der Waals surface area (Å²) in [6.45, 7) is 0.992. The number of benzene rings is 2. The van der Waals surface area contributed by atoms with Crippen LogP contribution in [-0.2, 0) is 14.8 Å². The van der Waals surface area contributed by atoms with Crippen LogP contribution in [0.3, 0.4) is 0 Å². The van der Waals surface area contributed by atoms with E-state index in [9.17, 15) is 13.2 Å². The zero-order valence-corrected chi connectivity index (χ0v) is 17.5. The number of sulfonamides is 1. The first-order valence-corrected chi connectivity index (χ1v) is 11.1. The Morgan fingerprint density at radius 1 is 1.17 bits per heavy atom. The van der Waals surface area contributed by atoms with Crippen LogP contribution in [-0.4, -0.2) is 38.8 Å². The average molecular weight is 426 g/mol. The molecule has 0 aliphatic carbocycles. The van der Waals surface area contributed by atoms with Crippen molar-refractivity contribution in [1.82, 2.24) is 4.31 Å². The Balaban J connectivity index is 1.80. The second-order valence-corrected chi connectivity index (χ2v) is 8.80. The highest BCUT2D eigenvalue weighted by atomic mass is 32.2. The molecule has 156 valence electrons. The molecular formula is C22H23N3O4S. The number of nitrogens with zero attached hydrogens (tertiary/aromatic N) is 2. The largest absolute Gasteiger partial charge is 0.495 e. The van der Waals surface area contributed by atoms with Gasteiger partial charge in [0, 0.05) is 24.9 Å². The normalized spacial score (nSPS) is 14.9. The molecule has 0 unspecified atom stereocenters. The van der Waals surface area contributed by atoms with Crippen molar-refractivity contribution in [3.8, 4) is 11.8 Å². The van der Waals surface area contributed by atoms with Crippen molar-refractivity contribution < 1.29 is 17.9 Å². The number of nitriles is 1. The highest BCUT2D eigenvalue weighted by Gasteiger charge is 2.28. The molecule has 30 heavy (non-hydrogen) atoms. The van der Waals surface area contributed by atoms with Crippen LogP contribution in [0, 0.1) is 11.3 Å². The summed E-state index contributed by atoms with van der Waals surface area (Å²) in [4.78, 5) is 12.3. The fourth-order valence-electron chi connectivity index (χ4n) is 3.27. The highest BCUT2D eigenvalue weighted by Crippen LogP contribution is 2.30. The Labute approximate surface area is 176 Å². The number of hydrogen-bond donors (Lipinski definition) is 1. The van der Waals surface area contributed by atoms with Crippen LogP contribution in [0.25, 0.3) is 6.08 Å². The van der Waals surface area contributed by atoms with Crippen molar-refractivity contribution in [2.24, 2.45) is 0 Å². The van der Waals surface area contributed by atoms with Gasteiger partial charge >= 0.3 is 0 Å². The lowest BCUT2D eigenvalue weighted by molar-refractivity contribution is -0.111. The van der Waals surface area contributed by atoms with Crippen molar-refractivity contribution >= 4 is 27.7 Å². The number of nitrogens with one attached hydrogen (secondary N) is 1. The van der Waals surface area contributed by atoms with Gasteiger partial charge in [-0.1, -0.05) is 18.6 Å². The number of carbonyl (C=O) groups excluding carboxylic acids is 1. The van der Waals surface area contributed by atoms with Gasteiger partial charge < -0.3 is 10.1 Å². The van der Waals surface area contributed by atoms with Crippen LogP contribution in [0.15, 0.2) is 53.4 Å². The molecule has 0 spiro atoms. The Morgan fingerprint density at radius 3 is 2.63 bits per heavy atom. The minimum Gasteiger partial charge on any atom is -0.495 e. The second-order valence-electron chi connectivity index (χ2n) is 6.89. The number of ether oxygens (including phenoxy) is 1. The lowest BCUT2D eigenvalue weighted by Gasteiger charge is -2.26. The van der Waals surface area contributed by atoms with Crippen LogP contribution in [0.2, 0.25) is 0 Å². The van der Waals surface area contributed by atoms with Gasteiger partial charge in [0.2, 0.25) is 15.9 Å². The summed E-state index contributed by atoms with van der Waals surface area (Å²) in [7, 11) is -2.25. The number of methoxy groups -OCH3 is 1. The molecule has 0 radical (unpaired) electrons. The molecule has 1 aliphatic rings. The number of rotatable bonds is 6. The van der Waals surface area contributed by atoms with E-state index in [1.54, 1.807) is 36.4 Å². The maximum atomic E-state index is 13.1. The van der Waals surface area contributed by atoms with Crippen LogP contribution in [0.4, 0.5) is 5.69 Å². The van der Waals surface area contributed by atoms with Gasteiger partial charge in [-0.25, -0.2) is 8.42 Å². The SMILES string of the molecule is COc1ccc(C=CC(=O)Nc2cccc(C#N)c2)cc1S(=O)(=O)N1CCCCC1. The molecule has 8 heteroatoms. The minimum atomic E-state index is -3.68. The summed E-state index contributed by atoms with van der Waals surface area (Å²) >= 11 is 0. The molecule has 0 bridgehead atoms. The number of anilines is 1. The van der Waals surface area contributed by atoms with E-state index in [2.05, 4.69) is 5.32 Å². The van der Waals surface area contributed by atoms with Gasteiger partial charge in [0.15, 0.2) is 0 Å². The van der Waals surface area contributed by atoms with E-state index in [4.69, 9.17) is 10.00 Å². The quantitative estimate of drug-likeness (QED) is 0.715. The smallest absolute Gasteiger partial charge is 0.248 e. The predicted octanol–water partition coefficient (Wildman–Crippen LogP) is 3.39. The van der Waals surface area contributed by atoms with E-state index in [0.29, 0.717) is 29.9 Å². The molecule has 1 saturated heterocycles. The summed E-state index contributed by atoms with van der Waals surface area (Å²) in [6, 6.07) is 13.4. The highest BCUT2D eigenvalue weighted by molar-refractivity contribution is 7.89. The molecule has 0 atom stereocenters. The third kappa shape index (κ3) is 5.06. The molecule has 1 aliphatic heterocycles. The van der Waals surface area contributed by atoms with Gasteiger partial charge in [-0.15, -0.1) is 0 Å². The van der Waals surface area contributed by atoms with Crippen molar-refractivity contribution in [2.45, 2.75) is 24.2 Å². The maximum absolute atomic E-state index is 13.1. The van der Waals surface area contributed by atoms with Crippen molar-refractivity contribution in [3.05, 3.63) is 59.7 Å². The standard InChI is InChI=1S/C22H23N3O4S/c1-29-20-10-8-17(15-21(20)30(27,28)25-12-3-2-4-13-25)9-11-22(26)24-19-7-5-6-18(14-19)16-23/h5-11,14-15H,2-4,12-13H2,1H3,(H,24,26). The van der Waals surface area contributed by atoms with E-state index < -0.39 is 10.0 Å². The maximum Gasteiger partial charge on any atom is 0.248 e. The Hall–Kier alpha value is -3.15. The van der Waals surface area contributed by atoms with E-state index in [0.717, 1.165) is 19.3 Å². The number of carbonyl (C=O) groups is 1. The fourth-order valence-corrected chi connectivity index (χ4v) is 4.97. The summed E-state index contributed by atoms with van der Waals surface area (Å²) in [5.74, 6) is -0.114. The Kier molecular flexibility index (Phi) is 6.87. The van der Waals surface area contributed by atoms with Gasteiger partial charge in [-0.05, 0) is 54.8 Å². The van der Waals surface area contributed by atoms with Gasteiger partial charge in [0.1, 0.15) is 10.6 Å². The predicted molar refractivity (Wildman–Crippen MR) is 114 cm³/mol. The molecule has 0 aromatic heterocycles. The molecule has 0 saturated carbocycles. The Bertz CT molecular complexity index is 1100. The summed E-state index contributed by atoms with van der Waals surface area (Å²) < 4.78 is 32.9. The lowest BCUT2D eigenvalue weighted by atomic mass is 10.2. The molecule has 1 fully saturated rings. The van der Waals surface area contributed by atoms with Crippen LogP contribution in [0.1, 0.15) is 30.4 Å². The monoisotopic (exact) mass is 425 g/mol. The van der Waals surface area contributed by atoms with Crippen LogP contribution in [0.5, 0.6) is 5.75 Å². The van der Waals surface area contributed by atoms with Gasteiger partial charge in [0.05, 0.1) is 18.7 Å². The number of hydrogen-bond acceptors (Lipinski definition) is 5. The zero-order valence-electron chi connectivity index (χ0n) is 16.7. The van der Waals surface area contributed by atoms with E-state index >= 15 is 0 Å². The summed E-state index contributed by atoms with van der Waals surface area (Å²) in [5.41, 5.74) is 1.51. The topological polar surface area (TPSA) is 99.5 Å². The third-order valence-corrected chi connectivity index (χ3v) is 6.73. The lowest BCUT2D eigenvalue weighted by Crippen LogP contribution is -2.35. The van der Waals surface area contributed by atoms with Crippen LogP contribution < -0.4 is 10.1 Å². The fraction of sp³-hybridized carbons (Fsp3) is 0.273. The first-order valence-electron chi connectivity index (χ1n) is 9.61. The number of amides is 1. The van der Waals surface area contributed by atoms with Crippen LogP contribution >= 0.6 is 0 Å². The molecule has 3 rings (SSSR count). The summed E-state index contributed by atoms with van der Waals surface area (Å²) in [6.07, 6.45) is 5.57. The van der Waals surface area contributed by atoms with Gasteiger partial charge in [-0.3, -0.25) is 4.79 Å². The first-order chi connectivity index (χ1) is 14.4. The van der Waals surface area contributed by atoms with E-state index in [1.165, 1.54) is 29.6 Å².